The number of aromatic amines is 1. The van der Waals surface area contributed by atoms with E-state index in [1.54, 1.807) is 12.3 Å². The predicted molar refractivity (Wildman–Crippen MR) is 46.2 cm³/mol. The summed E-state index contributed by atoms with van der Waals surface area (Å²) in [7, 11) is 0. The Morgan fingerprint density at radius 3 is 3.31 bits per heavy atom. The van der Waals surface area contributed by atoms with Crippen molar-refractivity contribution < 1.29 is 9.53 Å². The molecule has 0 spiro atoms. The van der Waals surface area contributed by atoms with E-state index in [-0.39, 0.29) is 12.0 Å². The van der Waals surface area contributed by atoms with Gasteiger partial charge in [-0.05, 0) is 12.8 Å². The van der Waals surface area contributed by atoms with Crippen molar-refractivity contribution in [2.75, 3.05) is 11.9 Å². The standard InChI is InChI=1S/C8H11N3O2/c12-8(6-2-1-5-13-6)10-7-3-4-9-11-7/h3-4,6H,1-2,5H2,(H2,9,10,11,12)/t6-/m0/s1. The smallest absolute Gasteiger partial charge is 0.254 e. The summed E-state index contributed by atoms with van der Waals surface area (Å²) in [5, 5.41) is 9.06. The van der Waals surface area contributed by atoms with Gasteiger partial charge in [0, 0.05) is 12.7 Å². The lowest BCUT2D eigenvalue weighted by molar-refractivity contribution is -0.124. The Hall–Kier alpha value is -1.36. The van der Waals surface area contributed by atoms with Crippen LogP contribution < -0.4 is 5.32 Å². The summed E-state index contributed by atoms with van der Waals surface area (Å²) in [6.45, 7) is 0.682. The van der Waals surface area contributed by atoms with Crippen molar-refractivity contribution in [1.29, 1.82) is 0 Å². The maximum absolute atomic E-state index is 11.4. The van der Waals surface area contributed by atoms with E-state index in [0.717, 1.165) is 12.8 Å². The van der Waals surface area contributed by atoms with E-state index in [2.05, 4.69) is 15.5 Å². The Bertz CT molecular complexity index is 278. The first-order valence-corrected chi connectivity index (χ1v) is 4.28. The first-order valence-electron chi connectivity index (χ1n) is 4.28. The fourth-order valence-electron chi connectivity index (χ4n) is 1.32. The van der Waals surface area contributed by atoms with Crippen LogP contribution in [0.2, 0.25) is 0 Å². The number of hydrogen-bond acceptors (Lipinski definition) is 3. The third kappa shape index (κ3) is 1.86. The molecule has 1 aliphatic heterocycles. The zero-order valence-corrected chi connectivity index (χ0v) is 7.12. The van der Waals surface area contributed by atoms with Crippen molar-refractivity contribution >= 4 is 11.7 Å². The monoisotopic (exact) mass is 181 g/mol. The Balaban J connectivity index is 1.91. The van der Waals surface area contributed by atoms with Crippen LogP contribution >= 0.6 is 0 Å². The summed E-state index contributed by atoms with van der Waals surface area (Å²) in [4.78, 5) is 11.4. The molecular formula is C8H11N3O2. The molecule has 0 saturated carbocycles. The maximum Gasteiger partial charge on any atom is 0.254 e. The number of ether oxygens (including phenoxy) is 1. The second-order valence-corrected chi connectivity index (χ2v) is 2.96. The van der Waals surface area contributed by atoms with Crippen molar-refractivity contribution in [3.8, 4) is 0 Å². The second kappa shape index (κ2) is 3.57. The zero-order chi connectivity index (χ0) is 9.10. The van der Waals surface area contributed by atoms with Gasteiger partial charge in [0.1, 0.15) is 11.9 Å². The Morgan fingerprint density at radius 2 is 2.69 bits per heavy atom. The van der Waals surface area contributed by atoms with Crippen molar-refractivity contribution in [3.63, 3.8) is 0 Å². The van der Waals surface area contributed by atoms with Gasteiger partial charge < -0.3 is 10.1 Å². The topological polar surface area (TPSA) is 67.0 Å². The van der Waals surface area contributed by atoms with Gasteiger partial charge in [-0.3, -0.25) is 9.89 Å². The highest BCUT2D eigenvalue weighted by molar-refractivity contribution is 5.93. The van der Waals surface area contributed by atoms with E-state index in [4.69, 9.17) is 4.74 Å². The summed E-state index contributed by atoms with van der Waals surface area (Å²) in [5.41, 5.74) is 0. The largest absolute Gasteiger partial charge is 0.368 e. The summed E-state index contributed by atoms with van der Waals surface area (Å²) >= 11 is 0. The molecule has 2 rings (SSSR count). The molecule has 2 N–H and O–H groups in total. The summed E-state index contributed by atoms with van der Waals surface area (Å²) in [6.07, 6.45) is 3.06. The minimum absolute atomic E-state index is 0.0956. The lowest BCUT2D eigenvalue weighted by Crippen LogP contribution is -2.26. The molecule has 1 saturated heterocycles. The van der Waals surface area contributed by atoms with Crippen LogP contribution in [-0.4, -0.2) is 28.8 Å². The lowest BCUT2D eigenvalue weighted by atomic mass is 10.2. The molecule has 0 aromatic carbocycles. The predicted octanol–water partition coefficient (Wildman–Crippen LogP) is 0.527. The second-order valence-electron chi connectivity index (χ2n) is 2.96. The third-order valence-corrected chi connectivity index (χ3v) is 1.98. The van der Waals surface area contributed by atoms with Gasteiger partial charge in [-0.25, -0.2) is 0 Å². The number of hydrogen-bond donors (Lipinski definition) is 2. The van der Waals surface area contributed by atoms with Crippen LogP contribution in [0, 0.1) is 0 Å². The van der Waals surface area contributed by atoms with E-state index in [1.807, 2.05) is 0 Å². The van der Waals surface area contributed by atoms with Crippen LogP contribution in [0.4, 0.5) is 5.82 Å². The van der Waals surface area contributed by atoms with Gasteiger partial charge in [0.05, 0.1) is 6.20 Å². The number of nitrogens with one attached hydrogen (secondary N) is 2. The first kappa shape index (κ1) is 8.25. The van der Waals surface area contributed by atoms with E-state index in [9.17, 15) is 4.79 Å². The SMILES string of the molecule is O=C(Nc1ccn[nH]1)[C@@H]1CCCO1. The first-order chi connectivity index (χ1) is 6.36. The Kier molecular flexibility index (Phi) is 2.27. The van der Waals surface area contributed by atoms with Crippen LogP contribution in [0.5, 0.6) is 0 Å². The maximum atomic E-state index is 11.4. The van der Waals surface area contributed by atoms with Crippen LogP contribution in [0.3, 0.4) is 0 Å². The average Bonchev–Trinajstić information content (AvgIpc) is 2.74. The molecule has 0 radical (unpaired) electrons. The number of carbonyl (C=O) groups excluding carboxylic acids is 1. The summed E-state index contributed by atoms with van der Waals surface area (Å²) < 4.78 is 5.22. The number of H-pyrrole nitrogens is 1. The minimum Gasteiger partial charge on any atom is -0.368 e. The highest BCUT2D eigenvalue weighted by Crippen LogP contribution is 2.13. The number of anilines is 1. The fourth-order valence-corrected chi connectivity index (χ4v) is 1.32. The Labute approximate surface area is 75.5 Å². The van der Waals surface area contributed by atoms with Crippen LogP contribution in [0.15, 0.2) is 12.3 Å². The Morgan fingerprint density at radius 1 is 1.77 bits per heavy atom. The lowest BCUT2D eigenvalue weighted by Gasteiger charge is -2.07. The van der Waals surface area contributed by atoms with Gasteiger partial charge in [0.25, 0.3) is 5.91 Å². The van der Waals surface area contributed by atoms with E-state index in [1.165, 1.54) is 0 Å². The van der Waals surface area contributed by atoms with Gasteiger partial charge in [-0.1, -0.05) is 0 Å². The van der Waals surface area contributed by atoms with E-state index >= 15 is 0 Å². The quantitative estimate of drug-likeness (QED) is 0.699. The van der Waals surface area contributed by atoms with Crippen LogP contribution in [-0.2, 0) is 9.53 Å². The molecule has 1 aliphatic rings. The molecule has 13 heavy (non-hydrogen) atoms. The van der Waals surface area contributed by atoms with Crippen LogP contribution in [0.1, 0.15) is 12.8 Å². The van der Waals surface area contributed by atoms with Gasteiger partial charge in [0.15, 0.2) is 0 Å². The molecule has 0 aliphatic carbocycles. The molecule has 70 valence electrons. The van der Waals surface area contributed by atoms with Gasteiger partial charge in [-0.15, -0.1) is 0 Å². The van der Waals surface area contributed by atoms with E-state index in [0.29, 0.717) is 12.4 Å². The number of nitrogens with zero attached hydrogens (tertiary/aromatic N) is 1. The van der Waals surface area contributed by atoms with Crippen molar-refractivity contribution in [2.45, 2.75) is 18.9 Å². The number of rotatable bonds is 2. The zero-order valence-electron chi connectivity index (χ0n) is 7.12. The van der Waals surface area contributed by atoms with Gasteiger partial charge in [-0.2, -0.15) is 5.10 Å². The summed E-state index contributed by atoms with van der Waals surface area (Å²) in [6, 6.07) is 1.70. The molecule has 5 nitrogen and oxygen atoms in total. The molecule has 1 atom stereocenters. The molecule has 0 bridgehead atoms. The molecule has 2 heterocycles. The molecule has 1 aromatic rings. The van der Waals surface area contributed by atoms with Gasteiger partial charge in [0.2, 0.25) is 0 Å². The normalized spacial score (nSPS) is 21.7. The molecule has 1 amide bonds. The van der Waals surface area contributed by atoms with Crippen LogP contribution in [0.25, 0.3) is 0 Å². The average molecular weight is 181 g/mol. The molecule has 1 aromatic heterocycles. The molecule has 1 fully saturated rings. The highest BCUT2D eigenvalue weighted by atomic mass is 16.5. The van der Waals surface area contributed by atoms with Crippen molar-refractivity contribution in [1.82, 2.24) is 10.2 Å². The third-order valence-electron chi connectivity index (χ3n) is 1.98. The highest BCUT2D eigenvalue weighted by Gasteiger charge is 2.23. The number of aromatic nitrogens is 2. The van der Waals surface area contributed by atoms with E-state index < -0.39 is 0 Å². The van der Waals surface area contributed by atoms with Gasteiger partial charge >= 0.3 is 0 Å². The fraction of sp³-hybridized carbons (Fsp3) is 0.500. The molecular weight excluding hydrogens is 170 g/mol. The van der Waals surface area contributed by atoms with Crippen molar-refractivity contribution in [2.24, 2.45) is 0 Å². The molecule has 0 unspecified atom stereocenters. The number of amides is 1. The minimum atomic E-state index is -0.289. The molecule has 5 heteroatoms. The van der Waals surface area contributed by atoms with Crippen molar-refractivity contribution in [3.05, 3.63) is 12.3 Å². The summed E-state index contributed by atoms with van der Waals surface area (Å²) in [5.74, 6) is 0.516. The number of carbonyl (C=O) groups is 1.